The first-order valence-electron chi connectivity index (χ1n) is 8.33. The van der Waals surface area contributed by atoms with Gasteiger partial charge < -0.3 is 14.4 Å². The summed E-state index contributed by atoms with van der Waals surface area (Å²) in [5, 5.41) is 0.704. The summed E-state index contributed by atoms with van der Waals surface area (Å²) in [4.78, 5) is 21.7. The summed E-state index contributed by atoms with van der Waals surface area (Å²) >= 11 is 1.53. The number of carbonyl (C=O) groups excluding carboxylic acids is 1. The second-order valence-corrected chi connectivity index (χ2v) is 7.30. The van der Waals surface area contributed by atoms with Gasteiger partial charge >= 0.3 is 0 Å². The monoisotopic (exact) mass is 369 g/mol. The molecule has 0 atom stereocenters. The number of anilines is 1. The normalized spacial score (nSPS) is 12.7. The largest absolute Gasteiger partial charge is 0.454 e. The molecule has 2 heterocycles. The lowest BCUT2D eigenvalue weighted by molar-refractivity contribution is 0.0984. The van der Waals surface area contributed by atoms with Crippen molar-refractivity contribution in [2.75, 3.05) is 38.9 Å². The fraction of sp³-hybridized carbons (Fsp3) is 0.263. The lowest BCUT2D eigenvalue weighted by atomic mass is 10.2. The van der Waals surface area contributed by atoms with Crippen molar-refractivity contribution < 1.29 is 14.3 Å². The van der Waals surface area contributed by atoms with Crippen LogP contribution in [0.4, 0.5) is 5.13 Å². The van der Waals surface area contributed by atoms with Crippen molar-refractivity contribution in [2.24, 2.45) is 0 Å². The Hall–Kier alpha value is -2.64. The highest BCUT2D eigenvalue weighted by Gasteiger charge is 2.23. The van der Waals surface area contributed by atoms with E-state index in [-0.39, 0.29) is 12.7 Å². The van der Waals surface area contributed by atoms with E-state index in [1.54, 1.807) is 23.1 Å². The van der Waals surface area contributed by atoms with Gasteiger partial charge in [0.2, 0.25) is 6.79 Å². The lowest BCUT2D eigenvalue weighted by Crippen LogP contribution is -2.36. The minimum Gasteiger partial charge on any atom is -0.454 e. The average molecular weight is 369 g/mol. The van der Waals surface area contributed by atoms with Gasteiger partial charge in [-0.2, -0.15) is 0 Å². The summed E-state index contributed by atoms with van der Waals surface area (Å²) in [6, 6.07) is 13.2. The highest BCUT2D eigenvalue weighted by atomic mass is 32.1. The zero-order valence-corrected chi connectivity index (χ0v) is 15.5. The summed E-state index contributed by atoms with van der Waals surface area (Å²) < 4.78 is 11.8. The molecule has 0 bridgehead atoms. The number of hydrogen-bond donors (Lipinski definition) is 0. The zero-order chi connectivity index (χ0) is 18.1. The fourth-order valence-corrected chi connectivity index (χ4v) is 3.73. The molecule has 1 aliphatic rings. The Morgan fingerprint density at radius 3 is 2.73 bits per heavy atom. The van der Waals surface area contributed by atoms with E-state index in [4.69, 9.17) is 9.47 Å². The molecule has 3 aromatic rings. The standard InChI is InChI=1S/C19H19N3O3S/c1-21(2)9-10-22(19-20-14-5-3-4-6-17(14)26-19)18(23)13-7-8-15-16(11-13)25-12-24-15/h3-8,11H,9-10,12H2,1-2H3. The number of para-hydroxylation sites is 1. The summed E-state index contributed by atoms with van der Waals surface area (Å²) in [5.74, 6) is 1.18. The van der Waals surface area contributed by atoms with Gasteiger partial charge in [-0.15, -0.1) is 0 Å². The topological polar surface area (TPSA) is 54.9 Å². The number of fused-ring (bicyclic) bond motifs is 2. The number of amides is 1. The predicted octanol–water partition coefficient (Wildman–Crippen LogP) is 3.23. The Balaban J connectivity index is 1.69. The fourth-order valence-electron chi connectivity index (χ4n) is 2.74. The Morgan fingerprint density at radius 2 is 1.92 bits per heavy atom. The van der Waals surface area contributed by atoms with E-state index < -0.39 is 0 Å². The van der Waals surface area contributed by atoms with Crippen LogP contribution in [0.5, 0.6) is 11.5 Å². The molecule has 0 saturated carbocycles. The second kappa shape index (κ2) is 6.93. The molecule has 2 aromatic carbocycles. The number of nitrogens with zero attached hydrogens (tertiary/aromatic N) is 3. The molecule has 0 N–H and O–H groups in total. The van der Waals surface area contributed by atoms with Crippen LogP contribution < -0.4 is 14.4 Å². The van der Waals surface area contributed by atoms with E-state index in [0.717, 1.165) is 16.8 Å². The molecule has 1 aliphatic heterocycles. The Labute approximate surface area is 155 Å². The molecule has 26 heavy (non-hydrogen) atoms. The van der Waals surface area contributed by atoms with Gasteiger partial charge in [0.25, 0.3) is 5.91 Å². The quantitative estimate of drug-likeness (QED) is 0.691. The number of carbonyl (C=O) groups is 1. The number of likely N-dealkylation sites (N-methyl/N-ethyl adjacent to an activating group) is 1. The van der Waals surface area contributed by atoms with Gasteiger partial charge in [0.15, 0.2) is 16.6 Å². The molecule has 0 radical (unpaired) electrons. The Bertz CT molecular complexity index is 921. The van der Waals surface area contributed by atoms with Gasteiger partial charge in [-0.25, -0.2) is 4.98 Å². The van der Waals surface area contributed by atoms with Crippen molar-refractivity contribution in [1.29, 1.82) is 0 Å². The molecule has 0 fully saturated rings. The number of aromatic nitrogens is 1. The summed E-state index contributed by atoms with van der Waals surface area (Å²) in [5.41, 5.74) is 1.47. The number of rotatable bonds is 5. The van der Waals surface area contributed by atoms with Gasteiger partial charge in [0, 0.05) is 18.7 Å². The van der Waals surface area contributed by atoms with E-state index in [2.05, 4.69) is 4.98 Å². The minimum absolute atomic E-state index is 0.0933. The zero-order valence-electron chi connectivity index (χ0n) is 14.6. The molecule has 6 nitrogen and oxygen atoms in total. The van der Waals surface area contributed by atoms with Gasteiger partial charge in [-0.05, 0) is 44.4 Å². The molecule has 134 valence electrons. The number of thiazole rings is 1. The molecule has 0 unspecified atom stereocenters. The van der Waals surface area contributed by atoms with Crippen LogP contribution in [0.1, 0.15) is 10.4 Å². The van der Waals surface area contributed by atoms with Crippen LogP contribution in [-0.4, -0.2) is 49.8 Å². The first kappa shape index (κ1) is 16.8. The Morgan fingerprint density at radius 1 is 1.12 bits per heavy atom. The van der Waals surface area contributed by atoms with Crippen LogP contribution in [0.3, 0.4) is 0 Å². The third kappa shape index (κ3) is 3.23. The minimum atomic E-state index is -0.0933. The summed E-state index contributed by atoms with van der Waals surface area (Å²) in [6.45, 7) is 1.49. The van der Waals surface area contributed by atoms with Crippen molar-refractivity contribution in [3.8, 4) is 11.5 Å². The highest BCUT2D eigenvalue weighted by molar-refractivity contribution is 7.22. The molecular weight excluding hydrogens is 350 g/mol. The number of benzene rings is 2. The SMILES string of the molecule is CN(C)CCN(C(=O)c1ccc2c(c1)OCO2)c1nc2ccccc2s1. The van der Waals surface area contributed by atoms with Crippen LogP contribution in [0.2, 0.25) is 0 Å². The van der Waals surface area contributed by atoms with Crippen molar-refractivity contribution >= 4 is 32.6 Å². The first-order valence-corrected chi connectivity index (χ1v) is 9.15. The van der Waals surface area contributed by atoms with Crippen molar-refractivity contribution in [3.63, 3.8) is 0 Å². The third-order valence-corrected chi connectivity index (χ3v) is 5.21. The molecular formula is C19H19N3O3S. The maximum Gasteiger partial charge on any atom is 0.260 e. The second-order valence-electron chi connectivity index (χ2n) is 6.29. The van der Waals surface area contributed by atoms with Crippen LogP contribution in [0, 0.1) is 0 Å². The van der Waals surface area contributed by atoms with Gasteiger partial charge in [-0.1, -0.05) is 23.5 Å². The molecule has 4 rings (SSSR count). The van der Waals surface area contributed by atoms with E-state index in [1.807, 2.05) is 43.3 Å². The lowest BCUT2D eigenvalue weighted by Gasteiger charge is -2.22. The van der Waals surface area contributed by atoms with Gasteiger partial charge in [0.05, 0.1) is 10.2 Å². The maximum atomic E-state index is 13.2. The molecule has 1 aromatic heterocycles. The Kier molecular flexibility index (Phi) is 4.48. The number of hydrogen-bond acceptors (Lipinski definition) is 6. The van der Waals surface area contributed by atoms with Crippen LogP contribution in [0.15, 0.2) is 42.5 Å². The van der Waals surface area contributed by atoms with Gasteiger partial charge in [-0.3, -0.25) is 9.69 Å². The highest BCUT2D eigenvalue weighted by Crippen LogP contribution is 2.34. The third-order valence-electron chi connectivity index (χ3n) is 4.15. The van der Waals surface area contributed by atoms with Crippen molar-refractivity contribution in [2.45, 2.75) is 0 Å². The molecule has 0 spiro atoms. The average Bonchev–Trinajstić information content (AvgIpc) is 3.27. The van der Waals surface area contributed by atoms with E-state index >= 15 is 0 Å². The smallest absolute Gasteiger partial charge is 0.260 e. The van der Waals surface area contributed by atoms with Crippen LogP contribution in [0.25, 0.3) is 10.2 Å². The molecule has 0 saturated heterocycles. The molecule has 0 aliphatic carbocycles. The van der Waals surface area contributed by atoms with Crippen molar-refractivity contribution in [3.05, 3.63) is 48.0 Å². The first-order chi connectivity index (χ1) is 12.6. The van der Waals surface area contributed by atoms with Crippen LogP contribution >= 0.6 is 11.3 Å². The van der Waals surface area contributed by atoms with E-state index in [9.17, 15) is 4.79 Å². The predicted molar refractivity (Wildman–Crippen MR) is 102 cm³/mol. The van der Waals surface area contributed by atoms with Crippen molar-refractivity contribution in [1.82, 2.24) is 9.88 Å². The van der Waals surface area contributed by atoms with E-state index in [0.29, 0.717) is 28.7 Å². The maximum absolute atomic E-state index is 13.2. The van der Waals surface area contributed by atoms with Gasteiger partial charge in [0.1, 0.15) is 0 Å². The molecule has 7 heteroatoms. The van der Waals surface area contributed by atoms with E-state index in [1.165, 1.54) is 11.3 Å². The summed E-state index contributed by atoms with van der Waals surface area (Å²) in [7, 11) is 3.98. The number of ether oxygens (including phenoxy) is 2. The van der Waals surface area contributed by atoms with Crippen LogP contribution in [-0.2, 0) is 0 Å². The molecule has 1 amide bonds. The summed E-state index contributed by atoms with van der Waals surface area (Å²) in [6.07, 6.45) is 0.